The van der Waals surface area contributed by atoms with E-state index in [0.717, 1.165) is 12.8 Å². The Morgan fingerprint density at radius 2 is 2.06 bits per heavy atom. The van der Waals surface area contributed by atoms with Crippen molar-refractivity contribution in [3.05, 3.63) is 0 Å². The van der Waals surface area contributed by atoms with E-state index in [1.807, 2.05) is 6.92 Å². The fourth-order valence-corrected chi connectivity index (χ4v) is 3.01. The predicted molar refractivity (Wildman–Crippen MR) is 67.5 cm³/mol. The van der Waals surface area contributed by atoms with Gasteiger partial charge in [0.2, 0.25) is 0 Å². The maximum Gasteiger partial charge on any atom is 0.314 e. The molecular formula is C14H26O3. The van der Waals surface area contributed by atoms with Crippen LogP contribution in [0.1, 0.15) is 53.9 Å². The number of esters is 1. The van der Waals surface area contributed by atoms with Gasteiger partial charge in [-0.1, -0.05) is 26.7 Å². The number of aliphatic hydroxyl groups is 1. The molecule has 1 aliphatic rings. The lowest BCUT2D eigenvalue weighted by atomic mass is 9.59. The molecule has 1 fully saturated rings. The highest BCUT2D eigenvalue weighted by Gasteiger charge is 2.55. The van der Waals surface area contributed by atoms with Gasteiger partial charge in [0.05, 0.1) is 17.6 Å². The second-order valence-corrected chi connectivity index (χ2v) is 5.93. The highest BCUT2D eigenvalue weighted by molar-refractivity contribution is 5.77. The number of rotatable bonds is 3. The van der Waals surface area contributed by atoms with E-state index in [0.29, 0.717) is 18.9 Å². The molecule has 0 aromatic carbocycles. The van der Waals surface area contributed by atoms with Crippen molar-refractivity contribution < 1.29 is 14.6 Å². The molecule has 0 aromatic rings. The Hall–Kier alpha value is -0.570. The monoisotopic (exact) mass is 242 g/mol. The van der Waals surface area contributed by atoms with Gasteiger partial charge in [-0.15, -0.1) is 0 Å². The summed E-state index contributed by atoms with van der Waals surface area (Å²) in [6.45, 7) is 9.97. The Kier molecular flexibility index (Phi) is 4.23. The molecule has 3 unspecified atom stereocenters. The fourth-order valence-electron chi connectivity index (χ4n) is 3.01. The normalized spacial score (nSPS) is 34.5. The Morgan fingerprint density at radius 1 is 1.47 bits per heavy atom. The number of carbonyl (C=O) groups is 1. The summed E-state index contributed by atoms with van der Waals surface area (Å²) >= 11 is 0. The van der Waals surface area contributed by atoms with E-state index < -0.39 is 11.0 Å². The van der Waals surface area contributed by atoms with Crippen LogP contribution >= 0.6 is 0 Å². The maximum atomic E-state index is 12.0. The number of hydrogen-bond donors (Lipinski definition) is 1. The molecule has 0 radical (unpaired) electrons. The molecule has 0 aliphatic heterocycles. The first-order valence-corrected chi connectivity index (χ1v) is 6.67. The van der Waals surface area contributed by atoms with Crippen LogP contribution in [0.5, 0.6) is 0 Å². The highest BCUT2D eigenvalue weighted by atomic mass is 16.5. The molecule has 3 atom stereocenters. The van der Waals surface area contributed by atoms with E-state index in [4.69, 9.17) is 4.74 Å². The van der Waals surface area contributed by atoms with Crippen molar-refractivity contribution in [1.29, 1.82) is 0 Å². The molecule has 1 aliphatic carbocycles. The summed E-state index contributed by atoms with van der Waals surface area (Å²) < 4.78 is 5.11. The first kappa shape index (κ1) is 14.5. The standard InChI is InChI=1S/C14H26O3/c1-6-17-12(15)13(4,5)14(16)9-7-8-10(2)11(14)3/h10-11,16H,6-9H2,1-5H3. The second kappa shape index (κ2) is 4.97. The van der Waals surface area contributed by atoms with Gasteiger partial charge >= 0.3 is 5.97 Å². The zero-order valence-electron chi connectivity index (χ0n) is 11.7. The van der Waals surface area contributed by atoms with Gasteiger partial charge in [0.1, 0.15) is 0 Å². The van der Waals surface area contributed by atoms with Gasteiger partial charge < -0.3 is 9.84 Å². The zero-order chi connectivity index (χ0) is 13.3. The van der Waals surface area contributed by atoms with Crippen molar-refractivity contribution >= 4 is 5.97 Å². The first-order chi connectivity index (χ1) is 7.77. The predicted octanol–water partition coefficient (Wildman–Crippen LogP) is 2.76. The lowest BCUT2D eigenvalue weighted by Gasteiger charge is -2.49. The summed E-state index contributed by atoms with van der Waals surface area (Å²) in [5.74, 6) is 0.279. The summed E-state index contributed by atoms with van der Waals surface area (Å²) in [5, 5.41) is 10.9. The molecule has 1 N–H and O–H groups in total. The van der Waals surface area contributed by atoms with Crippen LogP contribution in [-0.2, 0) is 9.53 Å². The summed E-state index contributed by atoms with van der Waals surface area (Å²) in [6, 6.07) is 0. The molecule has 1 rings (SSSR count). The summed E-state index contributed by atoms with van der Waals surface area (Å²) in [4.78, 5) is 12.0. The van der Waals surface area contributed by atoms with E-state index >= 15 is 0 Å². The van der Waals surface area contributed by atoms with Crippen LogP contribution in [0.15, 0.2) is 0 Å². The first-order valence-electron chi connectivity index (χ1n) is 6.67. The van der Waals surface area contributed by atoms with Gasteiger partial charge in [0.25, 0.3) is 0 Å². The largest absolute Gasteiger partial charge is 0.465 e. The molecule has 0 bridgehead atoms. The minimum atomic E-state index is -0.948. The Labute approximate surface area is 105 Å². The maximum absolute atomic E-state index is 12.0. The molecule has 0 amide bonds. The zero-order valence-corrected chi connectivity index (χ0v) is 11.7. The van der Waals surface area contributed by atoms with Gasteiger partial charge in [-0.2, -0.15) is 0 Å². The number of ether oxygens (including phenoxy) is 1. The van der Waals surface area contributed by atoms with Crippen LogP contribution in [-0.4, -0.2) is 23.3 Å². The van der Waals surface area contributed by atoms with Crippen LogP contribution in [0.4, 0.5) is 0 Å². The summed E-state index contributed by atoms with van der Waals surface area (Å²) in [5.41, 5.74) is -1.78. The molecule has 1 saturated carbocycles. The lowest BCUT2D eigenvalue weighted by molar-refractivity contribution is -0.188. The van der Waals surface area contributed by atoms with Crippen molar-refractivity contribution in [2.24, 2.45) is 17.3 Å². The number of carbonyl (C=O) groups excluding carboxylic acids is 1. The Morgan fingerprint density at radius 3 is 2.59 bits per heavy atom. The van der Waals surface area contributed by atoms with Crippen LogP contribution in [0.2, 0.25) is 0 Å². The van der Waals surface area contributed by atoms with E-state index in [-0.39, 0.29) is 11.9 Å². The Bertz CT molecular complexity index is 285. The van der Waals surface area contributed by atoms with Crippen molar-refractivity contribution in [1.82, 2.24) is 0 Å². The van der Waals surface area contributed by atoms with Crippen molar-refractivity contribution in [2.45, 2.75) is 59.5 Å². The Balaban J connectivity index is 2.97. The summed E-state index contributed by atoms with van der Waals surface area (Å²) in [7, 11) is 0. The third-order valence-electron chi connectivity index (χ3n) is 4.69. The summed E-state index contributed by atoms with van der Waals surface area (Å²) in [6.07, 6.45) is 2.79. The van der Waals surface area contributed by atoms with E-state index in [9.17, 15) is 9.90 Å². The number of hydrogen-bond acceptors (Lipinski definition) is 3. The average Bonchev–Trinajstić information content (AvgIpc) is 2.26. The molecule has 100 valence electrons. The van der Waals surface area contributed by atoms with Crippen LogP contribution < -0.4 is 0 Å². The molecule has 3 nitrogen and oxygen atoms in total. The molecule has 0 spiro atoms. The third kappa shape index (κ3) is 2.35. The van der Waals surface area contributed by atoms with Crippen molar-refractivity contribution in [3.63, 3.8) is 0 Å². The molecule has 3 heteroatoms. The molecule has 0 saturated heterocycles. The lowest BCUT2D eigenvalue weighted by Crippen LogP contribution is -2.57. The SMILES string of the molecule is CCOC(=O)C(C)(C)C1(O)CCCC(C)C1C. The fraction of sp³-hybridized carbons (Fsp3) is 0.929. The van der Waals surface area contributed by atoms with Crippen LogP contribution in [0.25, 0.3) is 0 Å². The van der Waals surface area contributed by atoms with Gasteiger partial charge in [0.15, 0.2) is 0 Å². The van der Waals surface area contributed by atoms with Crippen LogP contribution in [0, 0.1) is 17.3 Å². The van der Waals surface area contributed by atoms with Gasteiger partial charge in [-0.3, -0.25) is 4.79 Å². The van der Waals surface area contributed by atoms with Crippen LogP contribution in [0.3, 0.4) is 0 Å². The van der Waals surface area contributed by atoms with E-state index in [1.165, 1.54) is 0 Å². The quantitative estimate of drug-likeness (QED) is 0.774. The van der Waals surface area contributed by atoms with E-state index in [1.54, 1.807) is 20.8 Å². The molecule has 0 heterocycles. The minimum absolute atomic E-state index is 0.121. The van der Waals surface area contributed by atoms with Gasteiger partial charge in [0, 0.05) is 0 Å². The molecule has 0 aromatic heterocycles. The minimum Gasteiger partial charge on any atom is -0.465 e. The second-order valence-electron chi connectivity index (χ2n) is 5.93. The third-order valence-corrected chi connectivity index (χ3v) is 4.69. The van der Waals surface area contributed by atoms with Gasteiger partial charge in [-0.25, -0.2) is 0 Å². The average molecular weight is 242 g/mol. The van der Waals surface area contributed by atoms with E-state index in [2.05, 4.69) is 6.92 Å². The van der Waals surface area contributed by atoms with Crippen molar-refractivity contribution in [3.8, 4) is 0 Å². The van der Waals surface area contributed by atoms with Gasteiger partial charge in [-0.05, 0) is 39.0 Å². The topological polar surface area (TPSA) is 46.5 Å². The smallest absolute Gasteiger partial charge is 0.314 e. The highest BCUT2D eigenvalue weighted by Crippen LogP contribution is 2.48. The van der Waals surface area contributed by atoms with Crippen molar-refractivity contribution in [2.75, 3.05) is 6.61 Å². The molecule has 17 heavy (non-hydrogen) atoms. The molecular weight excluding hydrogens is 216 g/mol.